The van der Waals surface area contributed by atoms with Gasteiger partial charge in [0.1, 0.15) is 0 Å². The van der Waals surface area contributed by atoms with Crippen LogP contribution in [0.5, 0.6) is 0 Å². The maximum Gasteiger partial charge on any atom is 0.0780 e. The van der Waals surface area contributed by atoms with E-state index in [1.165, 1.54) is 96.3 Å². The van der Waals surface area contributed by atoms with Gasteiger partial charge in [0.25, 0.3) is 0 Å². The molecule has 0 aliphatic heterocycles. The molecular formula is C33H67O4. The predicted octanol–water partition coefficient (Wildman–Crippen LogP) is 9.87. The van der Waals surface area contributed by atoms with Crippen molar-refractivity contribution in [3.8, 4) is 0 Å². The molecule has 0 rings (SSSR count). The van der Waals surface area contributed by atoms with E-state index >= 15 is 0 Å². The van der Waals surface area contributed by atoms with Crippen LogP contribution in [0.25, 0.3) is 0 Å². The van der Waals surface area contributed by atoms with Gasteiger partial charge in [-0.25, -0.2) is 0 Å². The van der Waals surface area contributed by atoms with Gasteiger partial charge in [-0.2, -0.15) is 0 Å². The van der Waals surface area contributed by atoms with Gasteiger partial charge < -0.3 is 18.9 Å². The molecule has 0 aromatic rings. The smallest absolute Gasteiger partial charge is 0.0780 e. The molecular weight excluding hydrogens is 460 g/mol. The van der Waals surface area contributed by atoms with E-state index in [-0.39, 0.29) is 12.2 Å². The third-order valence-corrected chi connectivity index (χ3v) is 7.06. The van der Waals surface area contributed by atoms with Crippen LogP contribution in [0.1, 0.15) is 157 Å². The van der Waals surface area contributed by atoms with E-state index in [9.17, 15) is 0 Å². The summed E-state index contributed by atoms with van der Waals surface area (Å²) in [6, 6.07) is 0. The fraction of sp³-hybridized carbons (Fsp3) is 0.970. The highest BCUT2D eigenvalue weighted by atomic mass is 16.5. The lowest BCUT2D eigenvalue weighted by atomic mass is 10.0. The van der Waals surface area contributed by atoms with Crippen LogP contribution < -0.4 is 0 Å². The van der Waals surface area contributed by atoms with E-state index in [2.05, 4.69) is 41.5 Å². The second-order valence-corrected chi connectivity index (χ2v) is 11.6. The normalized spacial score (nSPS) is 13.8. The zero-order valence-corrected chi connectivity index (χ0v) is 26.0. The first-order valence-corrected chi connectivity index (χ1v) is 16.2. The Labute approximate surface area is 233 Å². The Bertz CT molecular complexity index is 440. The molecule has 0 aromatic carbocycles. The van der Waals surface area contributed by atoms with Crippen LogP contribution in [-0.2, 0) is 18.9 Å². The summed E-state index contributed by atoms with van der Waals surface area (Å²) in [4.78, 5) is 0. The van der Waals surface area contributed by atoms with Crippen LogP contribution >= 0.6 is 0 Å². The highest BCUT2D eigenvalue weighted by molar-refractivity contribution is 4.78. The predicted molar refractivity (Wildman–Crippen MR) is 160 cm³/mol. The molecule has 0 aromatic heterocycles. The van der Waals surface area contributed by atoms with Crippen LogP contribution in [0.2, 0.25) is 0 Å². The lowest BCUT2D eigenvalue weighted by Crippen LogP contribution is -2.30. The molecule has 0 saturated heterocycles. The highest BCUT2D eigenvalue weighted by Gasteiger charge is 2.19. The van der Waals surface area contributed by atoms with Crippen molar-refractivity contribution in [2.45, 2.75) is 174 Å². The molecule has 0 saturated carbocycles. The SMILES string of the molecule is [CH2]C(C)(CCCOCC(C)OCCCCCCCCCCC)OCC(C)OCCCCCCCCCC. The van der Waals surface area contributed by atoms with Gasteiger partial charge in [-0.1, -0.05) is 110 Å². The van der Waals surface area contributed by atoms with E-state index < -0.39 is 5.60 Å². The standard InChI is InChI=1S/C33H67O4/c1-7-9-11-13-15-17-19-21-22-27-35-31(3)29-34-26-24-25-33(5,6)37-30-32(4)36-28-23-20-18-16-14-12-10-8-2/h31-32H,5,7-30H2,1-4,6H3. The molecule has 4 nitrogen and oxygen atoms in total. The van der Waals surface area contributed by atoms with Crippen LogP contribution in [0.15, 0.2) is 0 Å². The molecule has 0 amide bonds. The van der Waals surface area contributed by atoms with Gasteiger partial charge in [-0.3, -0.25) is 0 Å². The molecule has 0 heterocycles. The molecule has 0 aliphatic rings. The van der Waals surface area contributed by atoms with Gasteiger partial charge in [0, 0.05) is 19.8 Å². The molecule has 223 valence electrons. The molecule has 0 fully saturated rings. The first-order chi connectivity index (χ1) is 17.9. The van der Waals surface area contributed by atoms with Gasteiger partial charge in [-0.15, -0.1) is 0 Å². The average Bonchev–Trinajstić information content (AvgIpc) is 2.87. The maximum atomic E-state index is 6.05. The zero-order chi connectivity index (χ0) is 27.5. The second kappa shape index (κ2) is 27.4. The minimum atomic E-state index is -0.391. The summed E-state index contributed by atoms with van der Waals surface area (Å²) >= 11 is 0. The summed E-state index contributed by atoms with van der Waals surface area (Å²) in [5, 5.41) is 0. The number of rotatable bonds is 30. The van der Waals surface area contributed by atoms with Gasteiger partial charge in [0.05, 0.1) is 31.0 Å². The van der Waals surface area contributed by atoms with Gasteiger partial charge in [-0.05, 0) is 53.4 Å². The Morgan fingerprint density at radius 1 is 0.541 bits per heavy atom. The van der Waals surface area contributed by atoms with Crippen molar-refractivity contribution in [2.24, 2.45) is 0 Å². The molecule has 3 atom stereocenters. The van der Waals surface area contributed by atoms with E-state index in [1.54, 1.807) is 0 Å². The van der Waals surface area contributed by atoms with E-state index in [0.29, 0.717) is 13.2 Å². The molecule has 0 spiro atoms. The Kier molecular flexibility index (Phi) is 27.3. The minimum absolute atomic E-state index is 0.116. The average molecular weight is 528 g/mol. The van der Waals surface area contributed by atoms with Crippen molar-refractivity contribution < 1.29 is 18.9 Å². The molecule has 0 N–H and O–H groups in total. The summed E-state index contributed by atoms with van der Waals surface area (Å²) in [5.41, 5.74) is -0.391. The Morgan fingerprint density at radius 2 is 0.946 bits per heavy atom. The van der Waals surface area contributed by atoms with Crippen LogP contribution in [0.3, 0.4) is 0 Å². The van der Waals surface area contributed by atoms with Crippen LogP contribution in [0, 0.1) is 6.92 Å². The highest BCUT2D eigenvalue weighted by Crippen LogP contribution is 2.17. The van der Waals surface area contributed by atoms with Crippen molar-refractivity contribution in [1.82, 2.24) is 0 Å². The van der Waals surface area contributed by atoms with Crippen LogP contribution in [0.4, 0.5) is 0 Å². The molecule has 0 aliphatic carbocycles. The van der Waals surface area contributed by atoms with E-state index in [1.807, 2.05) is 0 Å². The first kappa shape index (κ1) is 36.8. The number of unbranched alkanes of at least 4 members (excludes halogenated alkanes) is 15. The summed E-state index contributed by atoms with van der Waals surface area (Å²) in [5.74, 6) is 0. The second-order valence-electron chi connectivity index (χ2n) is 11.6. The Morgan fingerprint density at radius 3 is 1.41 bits per heavy atom. The van der Waals surface area contributed by atoms with E-state index in [0.717, 1.165) is 45.5 Å². The number of hydrogen-bond acceptors (Lipinski definition) is 4. The van der Waals surface area contributed by atoms with Crippen LogP contribution in [-0.4, -0.2) is 50.8 Å². The van der Waals surface area contributed by atoms with Crippen molar-refractivity contribution in [3.05, 3.63) is 6.92 Å². The molecule has 4 heteroatoms. The van der Waals surface area contributed by atoms with Gasteiger partial charge in [0.2, 0.25) is 0 Å². The zero-order valence-electron chi connectivity index (χ0n) is 26.0. The van der Waals surface area contributed by atoms with Crippen molar-refractivity contribution in [1.29, 1.82) is 0 Å². The monoisotopic (exact) mass is 528 g/mol. The topological polar surface area (TPSA) is 36.9 Å². The van der Waals surface area contributed by atoms with E-state index in [4.69, 9.17) is 18.9 Å². The summed E-state index contributed by atoms with van der Waals surface area (Å²) < 4.78 is 23.7. The molecule has 37 heavy (non-hydrogen) atoms. The third-order valence-electron chi connectivity index (χ3n) is 7.06. The van der Waals surface area contributed by atoms with Crippen molar-refractivity contribution in [3.63, 3.8) is 0 Å². The first-order valence-electron chi connectivity index (χ1n) is 16.2. The largest absolute Gasteiger partial charge is 0.379 e. The summed E-state index contributed by atoms with van der Waals surface area (Å²) in [7, 11) is 0. The Hall–Kier alpha value is -0.160. The Balaban J connectivity index is 3.52. The fourth-order valence-corrected chi connectivity index (χ4v) is 4.50. The molecule has 1 radical (unpaired) electrons. The third kappa shape index (κ3) is 28.7. The number of ether oxygens (including phenoxy) is 4. The minimum Gasteiger partial charge on any atom is -0.379 e. The van der Waals surface area contributed by atoms with Crippen molar-refractivity contribution in [2.75, 3.05) is 33.0 Å². The summed E-state index contributed by atoms with van der Waals surface area (Å²) in [6.45, 7) is 18.7. The van der Waals surface area contributed by atoms with Crippen molar-refractivity contribution >= 4 is 0 Å². The lowest BCUT2D eigenvalue weighted by molar-refractivity contribution is -0.0701. The van der Waals surface area contributed by atoms with Gasteiger partial charge in [0.15, 0.2) is 0 Å². The molecule has 3 unspecified atom stereocenters. The number of hydrogen-bond donors (Lipinski definition) is 0. The molecule has 0 bridgehead atoms. The summed E-state index contributed by atoms with van der Waals surface area (Å²) in [6.07, 6.45) is 24.8. The fourth-order valence-electron chi connectivity index (χ4n) is 4.50. The van der Waals surface area contributed by atoms with Gasteiger partial charge >= 0.3 is 0 Å². The quantitative estimate of drug-likeness (QED) is 0.0871. The maximum absolute atomic E-state index is 6.05. The lowest BCUT2D eigenvalue weighted by Gasteiger charge is -2.27.